The molecule has 0 saturated heterocycles. The van der Waals surface area contributed by atoms with E-state index in [1.54, 1.807) is 12.1 Å². The van der Waals surface area contributed by atoms with E-state index < -0.39 is 6.67 Å². The fourth-order valence-corrected chi connectivity index (χ4v) is 5.52. The fraction of sp³-hybridized carbons (Fsp3) is 0.219. The molecule has 0 radical (unpaired) electrons. The van der Waals surface area contributed by atoms with Crippen LogP contribution in [0.25, 0.3) is 39.4 Å². The van der Waals surface area contributed by atoms with Gasteiger partial charge in [0, 0.05) is 35.3 Å². The van der Waals surface area contributed by atoms with Gasteiger partial charge in [-0.25, -0.2) is 13.9 Å². The number of hydrogen-bond donors (Lipinski definition) is 0. The summed E-state index contributed by atoms with van der Waals surface area (Å²) in [5.41, 5.74) is 6.37. The molecule has 0 N–H and O–H groups in total. The summed E-state index contributed by atoms with van der Waals surface area (Å²) in [7, 11) is 0. The predicted octanol–water partition coefficient (Wildman–Crippen LogP) is 7.25. The van der Waals surface area contributed by atoms with E-state index in [9.17, 15) is 9.18 Å². The fourth-order valence-electron chi connectivity index (χ4n) is 4.80. The molecule has 0 unspecified atom stereocenters. The largest absolute Gasteiger partial charge is 0.491 e. The van der Waals surface area contributed by atoms with Crippen molar-refractivity contribution in [2.24, 2.45) is 0 Å². The molecule has 40 heavy (non-hydrogen) atoms. The zero-order valence-electron chi connectivity index (χ0n) is 22.5. The Labute approximate surface area is 241 Å². The maximum Gasteiger partial charge on any atom is 0.227 e. The van der Waals surface area contributed by atoms with Crippen LogP contribution in [0.4, 0.5) is 4.39 Å². The second-order valence-corrected chi connectivity index (χ2v) is 10.0. The Morgan fingerprint density at radius 2 is 1.48 bits per heavy atom. The van der Waals surface area contributed by atoms with E-state index in [1.807, 2.05) is 96.1 Å². The molecule has 0 aliphatic rings. The molecule has 0 fully saturated rings. The minimum Gasteiger partial charge on any atom is -0.491 e. The molecule has 0 saturated carbocycles. The highest BCUT2D eigenvalue weighted by molar-refractivity contribution is 9.10. The minimum atomic E-state index is -0.557. The molecule has 5 rings (SSSR count). The van der Waals surface area contributed by atoms with Crippen molar-refractivity contribution in [3.05, 3.63) is 95.0 Å². The van der Waals surface area contributed by atoms with Gasteiger partial charge in [0.05, 0.1) is 28.0 Å². The Kier molecular flexibility index (Phi) is 8.55. The van der Waals surface area contributed by atoms with Crippen LogP contribution in [-0.4, -0.2) is 51.8 Å². The molecule has 0 atom stereocenters. The Hall–Kier alpha value is -4.04. The van der Waals surface area contributed by atoms with E-state index in [-0.39, 0.29) is 18.9 Å². The van der Waals surface area contributed by atoms with Crippen LogP contribution >= 0.6 is 15.9 Å². The Bertz CT molecular complexity index is 1600. The van der Waals surface area contributed by atoms with Gasteiger partial charge in [-0.2, -0.15) is 5.10 Å². The van der Waals surface area contributed by atoms with Gasteiger partial charge in [0.2, 0.25) is 5.91 Å². The second kappa shape index (κ2) is 12.4. The zero-order valence-corrected chi connectivity index (χ0v) is 24.1. The molecule has 2 aromatic heterocycles. The van der Waals surface area contributed by atoms with Gasteiger partial charge in [-0.15, -0.1) is 0 Å². The van der Waals surface area contributed by atoms with E-state index in [0.29, 0.717) is 30.2 Å². The van der Waals surface area contributed by atoms with Gasteiger partial charge in [0.1, 0.15) is 19.0 Å². The Morgan fingerprint density at radius 3 is 2.08 bits per heavy atom. The van der Waals surface area contributed by atoms with Crippen LogP contribution in [0.2, 0.25) is 0 Å². The molecule has 0 bridgehead atoms. The number of halogens is 2. The standard InChI is InChI=1S/C32H30BrFN4O2/c1-3-37(4-2)27(39)21-26-29(23-15-17-25(18-16-23)40-20-19-34)36-38-31(24-13-9-6-10-14-24)28(33)30(35-32(26)38)22-11-7-5-8-12-22/h5-18H,3-4,19-21H2,1-2H3. The molecular formula is C32H30BrFN4O2. The molecule has 6 nitrogen and oxygen atoms in total. The molecule has 0 aliphatic heterocycles. The average molecular weight is 602 g/mol. The lowest BCUT2D eigenvalue weighted by Crippen LogP contribution is -2.31. The van der Waals surface area contributed by atoms with Crippen LogP contribution in [0.3, 0.4) is 0 Å². The molecule has 2 heterocycles. The van der Waals surface area contributed by atoms with Gasteiger partial charge in [-0.05, 0) is 54.0 Å². The maximum absolute atomic E-state index is 13.4. The lowest BCUT2D eigenvalue weighted by Gasteiger charge is -2.18. The number of amides is 1. The number of carbonyl (C=O) groups is 1. The van der Waals surface area contributed by atoms with E-state index in [2.05, 4.69) is 15.9 Å². The third kappa shape index (κ3) is 5.49. The summed E-state index contributed by atoms with van der Waals surface area (Å²) in [6, 6.07) is 27.4. The molecular weight excluding hydrogens is 571 g/mol. The SMILES string of the molecule is CCN(CC)C(=O)Cc1c(-c2ccc(OCCF)cc2)nn2c(-c3ccccc3)c(Br)c(-c3ccccc3)nc12. The predicted molar refractivity (Wildman–Crippen MR) is 160 cm³/mol. The van der Waals surface area contributed by atoms with Gasteiger partial charge in [-0.1, -0.05) is 60.7 Å². The van der Waals surface area contributed by atoms with Crippen molar-refractivity contribution in [3.63, 3.8) is 0 Å². The number of benzene rings is 3. The number of rotatable bonds is 10. The molecule has 0 spiro atoms. The molecule has 0 aliphatic carbocycles. The topological polar surface area (TPSA) is 59.7 Å². The van der Waals surface area contributed by atoms with E-state index in [4.69, 9.17) is 14.8 Å². The van der Waals surface area contributed by atoms with Crippen molar-refractivity contribution in [1.82, 2.24) is 19.5 Å². The van der Waals surface area contributed by atoms with E-state index >= 15 is 0 Å². The van der Waals surface area contributed by atoms with Gasteiger partial charge < -0.3 is 9.64 Å². The van der Waals surface area contributed by atoms with Crippen molar-refractivity contribution >= 4 is 27.5 Å². The molecule has 3 aromatic carbocycles. The lowest BCUT2D eigenvalue weighted by atomic mass is 10.0. The van der Waals surface area contributed by atoms with E-state index in [1.165, 1.54) is 0 Å². The summed E-state index contributed by atoms with van der Waals surface area (Å²) >= 11 is 3.85. The van der Waals surface area contributed by atoms with Crippen molar-refractivity contribution in [2.45, 2.75) is 20.3 Å². The first kappa shape index (κ1) is 27.5. The van der Waals surface area contributed by atoms with Crippen molar-refractivity contribution in [3.8, 4) is 39.5 Å². The Balaban J connectivity index is 1.78. The Morgan fingerprint density at radius 1 is 0.875 bits per heavy atom. The summed E-state index contributed by atoms with van der Waals surface area (Å²) in [6.07, 6.45) is 0.151. The monoisotopic (exact) mass is 600 g/mol. The lowest BCUT2D eigenvalue weighted by molar-refractivity contribution is -0.130. The molecule has 204 valence electrons. The summed E-state index contributed by atoms with van der Waals surface area (Å²) in [6.45, 7) is 4.63. The summed E-state index contributed by atoms with van der Waals surface area (Å²) < 4.78 is 20.7. The van der Waals surface area contributed by atoms with Crippen molar-refractivity contribution in [2.75, 3.05) is 26.4 Å². The highest BCUT2D eigenvalue weighted by Gasteiger charge is 2.25. The van der Waals surface area contributed by atoms with Crippen molar-refractivity contribution < 1.29 is 13.9 Å². The van der Waals surface area contributed by atoms with Crippen LogP contribution in [0, 0.1) is 0 Å². The van der Waals surface area contributed by atoms with Gasteiger partial charge >= 0.3 is 0 Å². The first-order valence-corrected chi connectivity index (χ1v) is 14.1. The molecule has 5 aromatic rings. The first-order valence-electron chi connectivity index (χ1n) is 13.3. The number of carbonyl (C=O) groups excluding carboxylic acids is 1. The number of aromatic nitrogens is 3. The maximum atomic E-state index is 13.4. The highest BCUT2D eigenvalue weighted by atomic mass is 79.9. The summed E-state index contributed by atoms with van der Waals surface area (Å²) in [5.74, 6) is 0.583. The highest BCUT2D eigenvalue weighted by Crippen LogP contribution is 2.39. The molecule has 8 heteroatoms. The van der Waals surface area contributed by atoms with Gasteiger partial charge in [0.25, 0.3) is 0 Å². The average Bonchev–Trinajstić information content (AvgIpc) is 3.34. The van der Waals surface area contributed by atoms with Crippen LogP contribution in [0.15, 0.2) is 89.4 Å². The first-order chi connectivity index (χ1) is 19.5. The summed E-state index contributed by atoms with van der Waals surface area (Å²) in [5, 5.41) is 5.06. The second-order valence-electron chi connectivity index (χ2n) is 9.22. The number of alkyl halides is 1. The van der Waals surface area contributed by atoms with Gasteiger partial charge in [0.15, 0.2) is 5.65 Å². The van der Waals surface area contributed by atoms with Crippen LogP contribution < -0.4 is 4.74 Å². The smallest absolute Gasteiger partial charge is 0.227 e. The van der Waals surface area contributed by atoms with Crippen LogP contribution in [0.1, 0.15) is 19.4 Å². The van der Waals surface area contributed by atoms with Crippen LogP contribution in [0.5, 0.6) is 5.75 Å². The number of nitrogens with zero attached hydrogens (tertiary/aromatic N) is 4. The van der Waals surface area contributed by atoms with E-state index in [0.717, 1.165) is 38.1 Å². The number of ether oxygens (including phenoxy) is 1. The van der Waals surface area contributed by atoms with Gasteiger partial charge in [-0.3, -0.25) is 4.79 Å². The number of likely N-dealkylation sites (N-methyl/N-ethyl adjacent to an activating group) is 1. The number of hydrogen-bond acceptors (Lipinski definition) is 4. The number of fused-ring (bicyclic) bond motifs is 1. The molecule has 1 amide bonds. The van der Waals surface area contributed by atoms with Crippen LogP contribution in [-0.2, 0) is 11.2 Å². The summed E-state index contributed by atoms with van der Waals surface area (Å²) in [4.78, 5) is 20.4. The third-order valence-corrected chi connectivity index (χ3v) is 7.57. The normalized spacial score (nSPS) is 11.1. The van der Waals surface area contributed by atoms with Crippen molar-refractivity contribution in [1.29, 1.82) is 0 Å². The quantitative estimate of drug-likeness (QED) is 0.169. The zero-order chi connectivity index (χ0) is 28.1. The third-order valence-electron chi connectivity index (χ3n) is 6.81. The minimum absolute atomic E-state index is 0.00201.